The van der Waals surface area contributed by atoms with Crippen LogP contribution in [0.15, 0.2) is 29.3 Å². The van der Waals surface area contributed by atoms with E-state index in [0.29, 0.717) is 6.42 Å². The third-order valence-corrected chi connectivity index (χ3v) is 2.17. The number of carbonyl (C=O) groups is 1. The van der Waals surface area contributed by atoms with Gasteiger partial charge in [-0.15, -0.1) is 0 Å². The molecule has 0 fully saturated rings. The van der Waals surface area contributed by atoms with Crippen molar-refractivity contribution in [1.29, 1.82) is 0 Å². The summed E-state index contributed by atoms with van der Waals surface area (Å²) < 4.78 is 1.91. The summed E-state index contributed by atoms with van der Waals surface area (Å²) in [6.45, 7) is 0.764. The number of aromatic nitrogens is 1. The summed E-state index contributed by atoms with van der Waals surface area (Å²) >= 11 is 0. The fraction of sp³-hybridized carbons (Fsp3) is 0.455. The van der Waals surface area contributed by atoms with E-state index in [1.807, 2.05) is 4.57 Å². The lowest BCUT2D eigenvalue weighted by Gasteiger charge is -2.10. The molecule has 82 valence electrons. The molecule has 0 bridgehead atoms. The molecule has 0 saturated carbocycles. The minimum Gasteiger partial charge on any atom is -0.354 e. The van der Waals surface area contributed by atoms with E-state index < -0.39 is 0 Å². The van der Waals surface area contributed by atoms with Crippen molar-refractivity contribution in [2.24, 2.45) is 0 Å². The van der Waals surface area contributed by atoms with Crippen molar-refractivity contribution in [3.05, 3.63) is 34.7 Å². The quantitative estimate of drug-likeness (QED) is 0.731. The Kier molecular flexibility index (Phi) is 4.09. The molecule has 4 heteroatoms. The van der Waals surface area contributed by atoms with E-state index in [2.05, 4.69) is 0 Å². The van der Waals surface area contributed by atoms with Crippen LogP contribution in [0.3, 0.4) is 0 Å². The molecule has 0 aliphatic heterocycles. The second-order valence-corrected chi connectivity index (χ2v) is 3.66. The van der Waals surface area contributed by atoms with Crippen LogP contribution in [0.4, 0.5) is 0 Å². The second-order valence-electron chi connectivity index (χ2n) is 3.66. The fourth-order valence-electron chi connectivity index (χ4n) is 1.23. The van der Waals surface area contributed by atoms with E-state index >= 15 is 0 Å². The highest BCUT2D eigenvalue weighted by atomic mass is 16.2. The maximum Gasteiger partial charge on any atom is 0.222 e. The predicted octanol–water partition coefficient (Wildman–Crippen LogP) is 0.717. The normalized spacial score (nSPS) is 10.0. The molecule has 1 rings (SSSR count). The largest absolute Gasteiger partial charge is 0.354 e. The van der Waals surface area contributed by atoms with Gasteiger partial charge in [-0.05, 0) is 6.42 Å². The van der Waals surface area contributed by atoms with Gasteiger partial charge in [-0.3, -0.25) is 9.59 Å². The van der Waals surface area contributed by atoms with E-state index in [9.17, 15) is 9.59 Å². The maximum atomic E-state index is 11.3. The third-order valence-electron chi connectivity index (χ3n) is 2.17. The number of pyridine rings is 1. The zero-order valence-electron chi connectivity index (χ0n) is 9.14. The summed E-state index contributed by atoms with van der Waals surface area (Å²) in [6, 6.07) is 3.04. The van der Waals surface area contributed by atoms with Crippen LogP contribution in [0.5, 0.6) is 0 Å². The summed E-state index contributed by atoms with van der Waals surface area (Å²) in [4.78, 5) is 23.7. The predicted molar refractivity (Wildman–Crippen MR) is 58.6 cm³/mol. The Hall–Kier alpha value is -1.58. The van der Waals surface area contributed by atoms with Crippen LogP contribution in [-0.4, -0.2) is 29.5 Å². The Morgan fingerprint density at radius 2 is 1.93 bits per heavy atom. The number of nitrogens with zero attached hydrogens (tertiary/aromatic N) is 2. The van der Waals surface area contributed by atoms with Crippen LogP contribution < -0.4 is 5.43 Å². The lowest BCUT2D eigenvalue weighted by molar-refractivity contribution is -0.128. The SMILES string of the molecule is CN(C)C(=O)CCCn1ccc(=O)cc1. The van der Waals surface area contributed by atoms with Crippen LogP contribution in [0.25, 0.3) is 0 Å². The number of carbonyl (C=O) groups excluding carboxylic acids is 1. The summed E-state index contributed by atoms with van der Waals surface area (Å²) in [6.07, 6.45) is 4.81. The van der Waals surface area contributed by atoms with Crippen LogP contribution in [0, 0.1) is 0 Å². The Morgan fingerprint density at radius 3 is 2.47 bits per heavy atom. The van der Waals surface area contributed by atoms with Crippen molar-refractivity contribution >= 4 is 5.91 Å². The molecule has 1 aromatic rings. The number of amides is 1. The molecule has 0 aliphatic carbocycles. The summed E-state index contributed by atoms with van der Waals surface area (Å²) in [5.41, 5.74) is 0.00983. The van der Waals surface area contributed by atoms with Crippen molar-refractivity contribution in [3.8, 4) is 0 Å². The van der Waals surface area contributed by atoms with E-state index in [1.165, 1.54) is 12.1 Å². The van der Waals surface area contributed by atoms with Gasteiger partial charge in [0.1, 0.15) is 0 Å². The standard InChI is InChI=1S/C11H16N2O2/c1-12(2)11(15)4-3-7-13-8-5-10(14)6-9-13/h5-6,8-9H,3-4,7H2,1-2H3. The number of hydrogen-bond acceptors (Lipinski definition) is 2. The molecule has 1 amide bonds. The average Bonchev–Trinajstić information content (AvgIpc) is 2.20. The molecular formula is C11H16N2O2. The highest BCUT2D eigenvalue weighted by Crippen LogP contribution is 1.97. The van der Waals surface area contributed by atoms with Gasteiger partial charge in [0.25, 0.3) is 0 Å². The van der Waals surface area contributed by atoms with Crippen molar-refractivity contribution in [2.75, 3.05) is 14.1 Å². The van der Waals surface area contributed by atoms with Crippen LogP contribution in [0.2, 0.25) is 0 Å². The lowest BCUT2D eigenvalue weighted by Crippen LogP contribution is -2.21. The Morgan fingerprint density at radius 1 is 1.33 bits per heavy atom. The first kappa shape index (κ1) is 11.5. The summed E-state index contributed by atoms with van der Waals surface area (Å²) in [5, 5.41) is 0. The van der Waals surface area contributed by atoms with Gasteiger partial charge >= 0.3 is 0 Å². The van der Waals surface area contributed by atoms with E-state index in [0.717, 1.165) is 13.0 Å². The minimum absolute atomic E-state index is 0.00983. The molecule has 15 heavy (non-hydrogen) atoms. The fourth-order valence-corrected chi connectivity index (χ4v) is 1.23. The maximum absolute atomic E-state index is 11.3. The molecule has 0 saturated heterocycles. The van der Waals surface area contributed by atoms with Crippen molar-refractivity contribution in [2.45, 2.75) is 19.4 Å². The molecular weight excluding hydrogens is 192 g/mol. The van der Waals surface area contributed by atoms with Crippen LogP contribution >= 0.6 is 0 Å². The zero-order valence-corrected chi connectivity index (χ0v) is 9.14. The first-order valence-corrected chi connectivity index (χ1v) is 4.96. The molecule has 0 N–H and O–H groups in total. The van der Waals surface area contributed by atoms with Crippen molar-refractivity contribution in [3.63, 3.8) is 0 Å². The number of aryl methyl sites for hydroxylation is 1. The Bertz CT molecular complexity index is 362. The molecule has 0 aliphatic rings. The van der Waals surface area contributed by atoms with Gasteiger partial charge in [0, 0.05) is 51.6 Å². The topological polar surface area (TPSA) is 42.3 Å². The molecule has 4 nitrogen and oxygen atoms in total. The van der Waals surface area contributed by atoms with Crippen molar-refractivity contribution in [1.82, 2.24) is 9.47 Å². The summed E-state index contributed by atoms with van der Waals surface area (Å²) in [7, 11) is 3.50. The molecule has 0 spiro atoms. The number of rotatable bonds is 4. The molecule has 1 aromatic heterocycles. The lowest BCUT2D eigenvalue weighted by atomic mass is 10.3. The highest BCUT2D eigenvalue weighted by Gasteiger charge is 2.02. The number of hydrogen-bond donors (Lipinski definition) is 0. The minimum atomic E-state index is 0.00983. The van der Waals surface area contributed by atoms with Gasteiger partial charge in [-0.1, -0.05) is 0 Å². The summed E-state index contributed by atoms with van der Waals surface area (Å²) in [5.74, 6) is 0.135. The zero-order chi connectivity index (χ0) is 11.3. The van der Waals surface area contributed by atoms with Gasteiger partial charge in [0.2, 0.25) is 5.91 Å². The van der Waals surface area contributed by atoms with Gasteiger partial charge < -0.3 is 9.47 Å². The molecule has 0 radical (unpaired) electrons. The second kappa shape index (κ2) is 5.34. The Balaban J connectivity index is 2.35. The van der Waals surface area contributed by atoms with Crippen LogP contribution in [0.1, 0.15) is 12.8 Å². The highest BCUT2D eigenvalue weighted by molar-refractivity contribution is 5.75. The third kappa shape index (κ3) is 3.97. The van der Waals surface area contributed by atoms with Gasteiger partial charge in [-0.2, -0.15) is 0 Å². The average molecular weight is 208 g/mol. The first-order chi connectivity index (χ1) is 7.09. The van der Waals surface area contributed by atoms with E-state index in [-0.39, 0.29) is 11.3 Å². The van der Waals surface area contributed by atoms with Crippen LogP contribution in [-0.2, 0) is 11.3 Å². The molecule has 0 unspecified atom stereocenters. The van der Waals surface area contributed by atoms with Gasteiger partial charge in [0.05, 0.1) is 0 Å². The monoisotopic (exact) mass is 208 g/mol. The smallest absolute Gasteiger partial charge is 0.222 e. The molecule has 1 heterocycles. The van der Waals surface area contributed by atoms with E-state index in [1.54, 1.807) is 31.4 Å². The van der Waals surface area contributed by atoms with E-state index in [4.69, 9.17) is 0 Å². The first-order valence-electron chi connectivity index (χ1n) is 4.96. The molecule has 0 atom stereocenters. The van der Waals surface area contributed by atoms with Gasteiger partial charge in [0.15, 0.2) is 5.43 Å². The molecule has 0 aromatic carbocycles. The van der Waals surface area contributed by atoms with Gasteiger partial charge in [-0.25, -0.2) is 0 Å². The van der Waals surface area contributed by atoms with Crippen molar-refractivity contribution < 1.29 is 4.79 Å². The Labute approximate surface area is 89.1 Å².